The predicted molar refractivity (Wildman–Crippen MR) is 96.8 cm³/mol. The molecule has 7 heteroatoms. The maximum atomic E-state index is 12.2. The molecule has 0 bridgehead atoms. The van der Waals surface area contributed by atoms with E-state index in [9.17, 15) is 14.7 Å². The molecular weight excluding hydrogens is 340 g/mol. The number of aliphatic carboxylic acids is 1. The topological polar surface area (TPSA) is 88.5 Å². The van der Waals surface area contributed by atoms with Crippen molar-refractivity contribution in [2.24, 2.45) is 5.92 Å². The van der Waals surface area contributed by atoms with Crippen molar-refractivity contribution in [1.82, 2.24) is 10.3 Å². The lowest BCUT2D eigenvalue weighted by Gasteiger charge is -2.19. The van der Waals surface area contributed by atoms with Gasteiger partial charge in [-0.05, 0) is 18.1 Å². The lowest BCUT2D eigenvalue weighted by molar-refractivity contribution is -0.143. The fraction of sp³-hybridized carbons (Fsp3) is 0.389. The predicted octanol–water partition coefficient (Wildman–Crippen LogP) is 2.98. The molecule has 0 unspecified atom stereocenters. The van der Waals surface area contributed by atoms with Crippen LogP contribution in [0.25, 0.3) is 10.6 Å². The molecule has 25 heavy (non-hydrogen) atoms. The van der Waals surface area contributed by atoms with Gasteiger partial charge in [0, 0.05) is 5.38 Å². The second-order valence-corrected chi connectivity index (χ2v) is 6.65. The fourth-order valence-electron chi connectivity index (χ4n) is 2.41. The molecule has 0 saturated carbocycles. The van der Waals surface area contributed by atoms with Crippen LogP contribution >= 0.6 is 11.3 Å². The summed E-state index contributed by atoms with van der Waals surface area (Å²) in [4.78, 5) is 28.0. The third kappa shape index (κ3) is 4.79. The number of methoxy groups -OCH3 is 1. The minimum Gasteiger partial charge on any atom is -0.496 e. The first-order valence-electron chi connectivity index (χ1n) is 8.06. The Morgan fingerprint density at radius 1 is 1.36 bits per heavy atom. The first-order chi connectivity index (χ1) is 12.0. The largest absolute Gasteiger partial charge is 0.496 e. The van der Waals surface area contributed by atoms with E-state index in [-0.39, 0.29) is 18.2 Å². The summed E-state index contributed by atoms with van der Waals surface area (Å²) in [5, 5.41) is 14.4. The van der Waals surface area contributed by atoms with Gasteiger partial charge >= 0.3 is 5.97 Å². The van der Waals surface area contributed by atoms with Gasteiger partial charge in [0.2, 0.25) is 5.91 Å². The molecule has 0 fully saturated rings. The number of aromatic nitrogens is 1. The number of hydrogen-bond donors (Lipinski definition) is 2. The third-order valence-electron chi connectivity index (χ3n) is 4.03. The Morgan fingerprint density at radius 3 is 2.72 bits per heavy atom. The quantitative estimate of drug-likeness (QED) is 0.754. The van der Waals surface area contributed by atoms with Crippen LogP contribution in [0.3, 0.4) is 0 Å². The minimum absolute atomic E-state index is 0.0475. The first-order valence-corrected chi connectivity index (χ1v) is 8.94. The molecular formula is C18H22N2O4S. The van der Waals surface area contributed by atoms with Crippen LogP contribution in [0.1, 0.15) is 26.0 Å². The Morgan fingerprint density at radius 2 is 2.08 bits per heavy atom. The zero-order chi connectivity index (χ0) is 18.4. The van der Waals surface area contributed by atoms with Crippen molar-refractivity contribution in [2.45, 2.75) is 32.7 Å². The molecule has 0 aliphatic heterocycles. The number of carbonyl (C=O) groups is 2. The van der Waals surface area contributed by atoms with Crippen molar-refractivity contribution >= 4 is 23.2 Å². The van der Waals surface area contributed by atoms with E-state index in [0.29, 0.717) is 12.1 Å². The van der Waals surface area contributed by atoms with E-state index in [2.05, 4.69) is 10.3 Å². The average molecular weight is 362 g/mol. The molecule has 2 atom stereocenters. The normalized spacial score (nSPS) is 13.1. The number of carbonyl (C=O) groups excluding carboxylic acids is 1. The number of nitrogens with one attached hydrogen (secondary N) is 1. The van der Waals surface area contributed by atoms with Gasteiger partial charge in [0.1, 0.15) is 16.8 Å². The molecule has 0 aliphatic carbocycles. The highest BCUT2D eigenvalue weighted by Gasteiger charge is 2.25. The summed E-state index contributed by atoms with van der Waals surface area (Å²) in [5.41, 5.74) is 1.47. The van der Waals surface area contributed by atoms with Crippen molar-refractivity contribution in [3.8, 4) is 16.3 Å². The number of thiazole rings is 1. The van der Waals surface area contributed by atoms with Crippen molar-refractivity contribution in [3.05, 3.63) is 35.3 Å². The minimum atomic E-state index is -1.02. The van der Waals surface area contributed by atoms with Crippen molar-refractivity contribution in [2.75, 3.05) is 7.11 Å². The van der Waals surface area contributed by atoms with Crippen LogP contribution in [-0.4, -0.2) is 35.1 Å². The van der Waals surface area contributed by atoms with Gasteiger partial charge in [0.15, 0.2) is 0 Å². The molecule has 0 spiro atoms. The molecule has 2 rings (SSSR count). The fourth-order valence-corrected chi connectivity index (χ4v) is 3.25. The Hall–Kier alpha value is -2.41. The van der Waals surface area contributed by atoms with Crippen molar-refractivity contribution in [1.29, 1.82) is 0 Å². The Labute approximate surface area is 150 Å². The lowest BCUT2D eigenvalue weighted by atomic mass is 9.99. The third-order valence-corrected chi connectivity index (χ3v) is 4.95. The second kappa shape index (κ2) is 8.62. The number of hydrogen-bond acceptors (Lipinski definition) is 5. The van der Waals surface area contributed by atoms with Gasteiger partial charge in [0.05, 0.1) is 24.8 Å². The van der Waals surface area contributed by atoms with E-state index < -0.39 is 12.0 Å². The van der Waals surface area contributed by atoms with Crippen LogP contribution in [0, 0.1) is 5.92 Å². The highest BCUT2D eigenvalue weighted by atomic mass is 32.1. The summed E-state index contributed by atoms with van der Waals surface area (Å²) >= 11 is 1.42. The zero-order valence-corrected chi connectivity index (χ0v) is 15.3. The van der Waals surface area contributed by atoms with Gasteiger partial charge < -0.3 is 15.2 Å². The highest BCUT2D eigenvalue weighted by Crippen LogP contribution is 2.31. The van der Waals surface area contributed by atoms with Crippen LogP contribution in [0.4, 0.5) is 0 Å². The number of nitrogens with zero attached hydrogens (tertiary/aromatic N) is 1. The van der Waals surface area contributed by atoms with E-state index in [1.165, 1.54) is 11.3 Å². The monoisotopic (exact) mass is 362 g/mol. The van der Waals surface area contributed by atoms with E-state index in [0.717, 1.165) is 16.3 Å². The number of benzene rings is 1. The van der Waals surface area contributed by atoms with Gasteiger partial charge in [0.25, 0.3) is 0 Å². The van der Waals surface area contributed by atoms with Crippen LogP contribution in [0.5, 0.6) is 5.75 Å². The van der Waals surface area contributed by atoms with Crippen LogP contribution in [0.15, 0.2) is 29.6 Å². The summed E-state index contributed by atoms with van der Waals surface area (Å²) in [6.45, 7) is 3.70. The van der Waals surface area contributed by atoms with Gasteiger partial charge in [-0.2, -0.15) is 0 Å². The molecule has 0 radical (unpaired) electrons. The molecule has 1 amide bonds. The van der Waals surface area contributed by atoms with Crippen LogP contribution in [0.2, 0.25) is 0 Å². The second-order valence-electron chi connectivity index (χ2n) is 5.79. The SMILES string of the molecule is CC[C@H](C)[C@@H](NC(=O)Cc1csc(-c2ccccc2OC)n1)C(=O)O. The smallest absolute Gasteiger partial charge is 0.326 e. The number of para-hydroxylation sites is 1. The van der Waals surface area contributed by atoms with Crippen molar-refractivity contribution < 1.29 is 19.4 Å². The Kier molecular flexibility index (Phi) is 6.52. The van der Waals surface area contributed by atoms with E-state index >= 15 is 0 Å². The number of carboxylic acid groups (broad SMARTS) is 1. The van der Waals surface area contributed by atoms with Gasteiger partial charge in [-0.15, -0.1) is 11.3 Å². The first kappa shape index (κ1) is 18.9. The summed E-state index contributed by atoms with van der Waals surface area (Å²) < 4.78 is 5.33. The highest BCUT2D eigenvalue weighted by molar-refractivity contribution is 7.13. The molecule has 1 aromatic heterocycles. The average Bonchev–Trinajstić information content (AvgIpc) is 3.06. The molecule has 1 aromatic carbocycles. The van der Waals surface area contributed by atoms with E-state index in [4.69, 9.17) is 4.74 Å². The van der Waals surface area contributed by atoms with Gasteiger partial charge in [-0.1, -0.05) is 32.4 Å². The number of rotatable bonds is 8. The molecule has 134 valence electrons. The molecule has 1 heterocycles. The number of carboxylic acids is 1. The molecule has 6 nitrogen and oxygen atoms in total. The molecule has 0 aliphatic rings. The van der Waals surface area contributed by atoms with E-state index in [1.807, 2.05) is 38.1 Å². The standard InChI is InChI=1S/C18H22N2O4S/c1-4-11(2)16(18(22)23)20-15(21)9-12-10-25-17(19-12)13-7-5-6-8-14(13)24-3/h5-8,10-11,16H,4,9H2,1-3H3,(H,20,21)(H,22,23)/t11-,16+/m0/s1. The van der Waals surface area contributed by atoms with Gasteiger partial charge in [-0.3, -0.25) is 4.79 Å². The van der Waals surface area contributed by atoms with Gasteiger partial charge in [-0.25, -0.2) is 9.78 Å². The molecule has 2 aromatic rings. The maximum Gasteiger partial charge on any atom is 0.326 e. The molecule has 0 saturated heterocycles. The Balaban J connectivity index is 2.08. The summed E-state index contributed by atoms with van der Waals surface area (Å²) in [6.07, 6.45) is 0.720. The van der Waals surface area contributed by atoms with Crippen LogP contribution in [-0.2, 0) is 16.0 Å². The van der Waals surface area contributed by atoms with Crippen LogP contribution < -0.4 is 10.1 Å². The number of amides is 1. The number of ether oxygens (including phenoxy) is 1. The zero-order valence-electron chi connectivity index (χ0n) is 14.5. The Bertz CT molecular complexity index is 744. The summed E-state index contributed by atoms with van der Waals surface area (Å²) in [5.74, 6) is -0.781. The van der Waals surface area contributed by atoms with E-state index in [1.54, 1.807) is 12.5 Å². The summed E-state index contributed by atoms with van der Waals surface area (Å²) in [6, 6.07) is 6.66. The maximum absolute atomic E-state index is 12.2. The molecule has 2 N–H and O–H groups in total. The van der Waals surface area contributed by atoms with Crippen molar-refractivity contribution in [3.63, 3.8) is 0 Å². The summed E-state index contributed by atoms with van der Waals surface area (Å²) in [7, 11) is 1.60. The lowest BCUT2D eigenvalue weighted by Crippen LogP contribution is -2.45.